The van der Waals surface area contributed by atoms with Crippen molar-refractivity contribution in [2.75, 3.05) is 36.5 Å². The molecule has 1 amide bonds. The van der Waals surface area contributed by atoms with Crippen LogP contribution in [-0.2, 0) is 9.53 Å². The van der Waals surface area contributed by atoms with Crippen molar-refractivity contribution in [3.63, 3.8) is 0 Å². The van der Waals surface area contributed by atoms with Gasteiger partial charge >= 0.3 is 0 Å². The number of benzene rings is 1. The number of allylic oxidation sites excluding steroid dienone is 1. The Balaban J connectivity index is 1.46. The van der Waals surface area contributed by atoms with Crippen molar-refractivity contribution in [3.8, 4) is 11.1 Å². The van der Waals surface area contributed by atoms with Crippen molar-refractivity contribution < 1.29 is 13.9 Å². The molecule has 1 aliphatic carbocycles. The highest BCUT2D eigenvalue weighted by Gasteiger charge is 2.19. The van der Waals surface area contributed by atoms with E-state index in [1.807, 2.05) is 40.6 Å². The van der Waals surface area contributed by atoms with Crippen molar-refractivity contribution in [2.45, 2.75) is 12.8 Å². The number of morpholine rings is 1. The molecule has 7 heteroatoms. The number of ether oxygens (including phenoxy) is 1. The first-order valence-electron chi connectivity index (χ1n) is 10.1. The summed E-state index contributed by atoms with van der Waals surface area (Å²) in [5.41, 5.74) is 3.01. The van der Waals surface area contributed by atoms with E-state index >= 15 is 0 Å². The van der Waals surface area contributed by atoms with E-state index in [9.17, 15) is 9.59 Å². The molecule has 1 N–H and O–H groups in total. The van der Waals surface area contributed by atoms with Crippen LogP contribution in [-0.4, -0.2) is 32.2 Å². The molecule has 154 valence electrons. The number of nitrogens with zero attached hydrogens (tertiary/aromatic N) is 1. The molecule has 5 rings (SSSR count). The largest absolute Gasteiger partial charge is 0.439 e. The number of hydrogen-bond acceptors (Lipinski definition) is 6. The maximum atomic E-state index is 12.7. The average molecular weight is 423 g/mol. The normalized spacial score (nSPS) is 17.0. The number of carbonyl (C=O) groups is 1. The van der Waals surface area contributed by atoms with Crippen LogP contribution < -0.4 is 15.6 Å². The zero-order valence-electron chi connectivity index (χ0n) is 16.4. The first-order valence-corrected chi connectivity index (χ1v) is 11.0. The van der Waals surface area contributed by atoms with E-state index in [0.717, 1.165) is 11.1 Å². The maximum Gasteiger partial charge on any atom is 0.248 e. The van der Waals surface area contributed by atoms with Crippen LogP contribution in [0.1, 0.15) is 12.8 Å². The van der Waals surface area contributed by atoms with Gasteiger partial charge in [-0.05, 0) is 42.5 Å². The highest BCUT2D eigenvalue weighted by Crippen LogP contribution is 2.35. The molecule has 3 aromatic rings. The molecule has 2 aliphatic rings. The first-order chi connectivity index (χ1) is 14.7. The highest BCUT2D eigenvalue weighted by molar-refractivity contribution is 7.17. The van der Waals surface area contributed by atoms with Gasteiger partial charge in [0.1, 0.15) is 4.70 Å². The molecule has 2 aromatic heterocycles. The van der Waals surface area contributed by atoms with E-state index in [1.165, 1.54) is 24.2 Å². The lowest BCUT2D eigenvalue weighted by Crippen LogP contribution is -2.36. The molecule has 0 atom stereocenters. The molecule has 1 aromatic carbocycles. The molecule has 0 unspecified atom stereocenters. The Morgan fingerprint density at radius 2 is 2.03 bits per heavy atom. The molecule has 3 heterocycles. The van der Waals surface area contributed by atoms with Crippen LogP contribution in [0.4, 0.5) is 11.6 Å². The fourth-order valence-electron chi connectivity index (χ4n) is 3.53. The molecule has 1 saturated carbocycles. The van der Waals surface area contributed by atoms with Gasteiger partial charge in [0, 0.05) is 35.8 Å². The second-order valence-electron chi connectivity index (χ2n) is 7.62. The minimum absolute atomic E-state index is 0.0383. The predicted octanol–water partition coefficient (Wildman–Crippen LogP) is 4.26. The molecular weight excluding hydrogens is 400 g/mol. The number of fused-ring (bicyclic) bond motifs is 1. The third-order valence-electron chi connectivity index (χ3n) is 5.34. The average Bonchev–Trinajstić information content (AvgIpc) is 3.50. The van der Waals surface area contributed by atoms with Gasteiger partial charge in [0.05, 0.1) is 13.2 Å². The lowest BCUT2D eigenvalue weighted by molar-refractivity contribution is -0.111. The molecule has 30 heavy (non-hydrogen) atoms. The molecule has 6 nitrogen and oxygen atoms in total. The zero-order valence-corrected chi connectivity index (χ0v) is 17.2. The van der Waals surface area contributed by atoms with Crippen LogP contribution in [0.3, 0.4) is 0 Å². The van der Waals surface area contributed by atoms with E-state index in [4.69, 9.17) is 9.15 Å². The third kappa shape index (κ3) is 4.04. The van der Waals surface area contributed by atoms with E-state index in [-0.39, 0.29) is 11.3 Å². The van der Waals surface area contributed by atoms with Crippen molar-refractivity contribution in [1.82, 2.24) is 0 Å². The highest BCUT2D eigenvalue weighted by atomic mass is 32.1. The number of nitrogens with one attached hydrogen (secondary N) is 1. The fraction of sp³-hybridized carbons (Fsp3) is 0.304. The summed E-state index contributed by atoms with van der Waals surface area (Å²) in [7, 11) is 0. The molecule has 2 fully saturated rings. The summed E-state index contributed by atoms with van der Waals surface area (Å²) in [6.45, 7) is 2.64. The van der Waals surface area contributed by atoms with Gasteiger partial charge in [-0.3, -0.25) is 9.59 Å². The minimum Gasteiger partial charge on any atom is -0.439 e. The topological polar surface area (TPSA) is 71.8 Å². The minimum atomic E-state index is -0.129. The Morgan fingerprint density at radius 1 is 1.20 bits per heavy atom. The monoisotopic (exact) mass is 422 g/mol. The summed E-state index contributed by atoms with van der Waals surface area (Å²) in [6, 6.07) is 9.18. The van der Waals surface area contributed by atoms with E-state index in [2.05, 4.69) is 5.32 Å². The van der Waals surface area contributed by atoms with Crippen molar-refractivity contribution in [1.29, 1.82) is 0 Å². The Hall–Kier alpha value is -2.90. The van der Waals surface area contributed by atoms with Gasteiger partial charge < -0.3 is 19.4 Å². The summed E-state index contributed by atoms with van der Waals surface area (Å²) in [5, 5.41) is 4.85. The molecule has 0 radical (unpaired) electrons. The summed E-state index contributed by atoms with van der Waals surface area (Å²) >= 11 is 1.38. The molecular formula is C23H22N2O4S. The number of amides is 1. The number of rotatable bonds is 5. The molecule has 1 aliphatic heterocycles. The van der Waals surface area contributed by atoms with Gasteiger partial charge in [-0.1, -0.05) is 18.2 Å². The predicted molar refractivity (Wildman–Crippen MR) is 119 cm³/mol. The van der Waals surface area contributed by atoms with Gasteiger partial charge in [-0.15, -0.1) is 11.3 Å². The molecule has 0 spiro atoms. The Kier molecular flexibility index (Phi) is 5.14. The summed E-state index contributed by atoms with van der Waals surface area (Å²) in [5.74, 6) is 1.00. The number of anilines is 2. The number of thiophene rings is 1. The second kappa shape index (κ2) is 8.08. The SMILES string of the molecule is O=C(/C=C/C1CC1)Nc1cccc(-c2csc3c(=O)cc(N4CCOCC4)oc23)c1. The van der Waals surface area contributed by atoms with E-state index in [1.54, 1.807) is 12.1 Å². The van der Waals surface area contributed by atoms with Crippen LogP contribution >= 0.6 is 11.3 Å². The number of hydrogen-bond donors (Lipinski definition) is 1. The van der Waals surface area contributed by atoms with E-state index in [0.29, 0.717) is 54.1 Å². The summed E-state index contributed by atoms with van der Waals surface area (Å²) in [4.78, 5) is 26.8. The van der Waals surface area contributed by atoms with Gasteiger partial charge in [0.2, 0.25) is 11.3 Å². The molecule has 0 bridgehead atoms. The second-order valence-corrected chi connectivity index (χ2v) is 8.50. The van der Waals surface area contributed by atoms with Crippen LogP contribution in [0.25, 0.3) is 21.4 Å². The first kappa shape index (κ1) is 19.1. The van der Waals surface area contributed by atoms with Crippen LogP contribution in [0.2, 0.25) is 0 Å². The standard InChI is InChI=1S/C23H22N2O4S/c26-19-13-21(25-8-10-28-11-9-25)29-22-18(14-30-23(19)22)16-2-1-3-17(12-16)24-20(27)7-6-15-4-5-15/h1-3,6-7,12-15H,4-5,8-11H2,(H,24,27)/b7-6+. The Bertz CT molecular complexity index is 1170. The van der Waals surface area contributed by atoms with Crippen LogP contribution in [0.5, 0.6) is 0 Å². The van der Waals surface area contributed by atoms with Crippen molar-refractivity contribution >= 4 is 39.1 Å². The lowest BCUT2D eigenvalue weighted by atomic mass is 10.1. The quantitative estimate of drug-likeness (QED) is 0.622. The van der Waals surface area contributed by atoms with Crippen molar-refractivity contribution in [3.05, 3.63) is 58.1 Å². The maximum absolute atomic E-state index is 12.7. The van der Waals surface area contributed by atoms with Gasteiger partial charge in [-0.2, -0.15) is 0 Å². The van der Waals surface area contributed by atoms with Crippen molar-refractivity contribution in [2.24, 2.45) is 5.92 Å². The van der Waals surface area contributed by atoms with Gasteiger partial charge in [0.15, 0.2) is 11.5 Å². The van der Waals surface area contributed by atoms with Crippen LogP contribution in [0, 0.1) is 5.92 Å². The zero-order chi connectivity index (χ0) is 20.5. The van der Waals surface area contributed by atoms with Gasteiger partial charge in [-0.25, -0.2) is 0 Å². The smallest absolute Gasteiger partial charge is 0.248 e. The fourth-order valence-corrected chi connectivity index (χ4v) is 4.44. The Morgan fingerprint density at radius 3 is 2.83 bits per heavy atom. The summed E-state index contributed by atoms with van der Waals surface area (Å²) in [6.07, 6.45) is 5.91. The van der Waals surface area contributed by atoms with Crippen LogP contribution in [0.15, 0.2) is 57.1 Å². The lowest BCUT2D eigenvalue weighted by Gasteiger charge is -2.27. The van der Waals surface area contributed by atoms with E-state index < -0.39 is 0 Å². The number of carbonyl (C=O) groups excluding carboxylic acids is 1. The Labute approximate surface area is 177 Å². The van der Waals surface area contributed by atoms with Gasteiger partial charge in [0.25, 0.3) is 0 Å². The third-order valence-corrected chi connectivity index (χ3v) is 6.31. The summed E-state index contributed by atoms with van der Waals surface area (Å²) < 4.78 is 12.2. The molecule has 1 saturated heterocycles.